The van der Waals surface area contributed by atoms with Gasteiger partial charge < -0.3 is 10.1 Å². The maximum absolute atomic E-state index is 13.8. The molecule has 0 saturated carbocycles. The highest BCUT2D eigenvalue weighted by Gasteiger charge is 2.29. The molecule has 1 aromatic rings. The van der Waals surface area contributed by atoms with Gasteiger partial charge in [0.1, 0.15) is 0 Å². The van der Waals surface area contributed by atoms with Gasteiger partial charge in [-0.2, -0.15) is 13.2 Å². The first-order valence-corrected chi connectivity index (χ1v) is 7.20. The van der Waals surface area contributed by atoms with Gasteiger partial charge in [-0.05, 0) is 31.5 Å². The molecule has 7 heteroatoms. The molecule has 1 saturated heterocycles. The number of nitrogens with one attached hydrogen (secondary N) is 1. The predicted octanol–water partition coefficient (Wildman–Crippen LogP) is 2.95. The summed E-state index contributed by atoms with van der Waals surface area (Å²) in [6, 6.07) is 4.78. The molecule has 0 bridgehead atoms. The maximum atomic E-state index is 13.8. The van der Waals surface area contributed by atoms with E-state index in [0.29, 0.717) is 18.6 Å². The molecule has 1 fully saturated rings. The van der Waals surface area contributed by atoms with Gasteiger partial charge in [0.15, 0.2) is 18.2 Å². The molecule has 0 aliphatic carbocycles. The molecule has 1 aliphatic heterocycles. The Balaban J connectivity index is 1.99. The lowest BCUT2D eigenvalue weighted by Gasteiger charge is -2.37. The molecule has 2 unspecified atom stereocenters. The molecule has 1 aliphatic rings. The van der Waals surface area contributed by atoms with Gasteiger partial charge in [-0.25, -0.2) is 4.39 Å². The van der Waals surface area contributed by atoms with Crippen LogP contribution in [0.5, 0.6) is 5.75 Å². The second-order valence-electron chi connectivity index (χ2n) is 5.76. The summed E-state index contributed by atoms with van der Waals surface area (Å²) in [5.41, 5.74) is 0.720. The lowest BCUT2D eigenvalue weighted by Crippen LogP contribution is -2.53. The van der Waals surface area contributed by atoms with E-state index in [0.717, 1.165) is 18.7 Å². The SMILES string of the molecule is CC1CN(Cc2ccc(OCC(F)(F)F)c(F)c2)C(C)CN1. The number of hydrogen-bond donors (Lipinski definition) is 1. The zero-order chi connectivity index (χ0) is 16.3. The Morgan fingerprint density at radius 3 is 2.68 bits per heavy atom. The number of rotatable bonds is 4. The minimum atomic E-state index is -4.47. The number of hydrogen-bond acceptors (Lipinski definition) is 3. The molecule has 1 aromatic carbocycles. The van der Waals surface area contributed by atoms with E-state index < -0.39 is 18.6 Å². The third-order valence-electron chi connectivity index (χ3n) is 3.67. The average Bonchev–Trinajstić information content (AvgIpc) is 2.41. The molecular formula is C15H20F4N2O. The van der Waals surface area contributed by atoms with Gasteiger partial charge in [-0.1, -0.05) is 6.07 Å². The van der Waals surface area contributed by atoms with E-state index in [1.165, 1.54) is 12.1 Å². The molecule has 3 nitrogen and oxygen atoms in total. The van der Waals surface area contributed by atoms with Crippen molar-refractivity contribution in [2.24, 2.45) is 0 Å². The number of piperazine rings is 1. The summed E-state index contributed by atoms with van der Waals surface area (Å²) in [6.45, 7) is 4.92. The molecule has 2 rings (SSSR count). The number of ether oxygens (including phenoxy) is 1. The van der Waals surface area contributed by atoms with Crippen LogP contribution in [0.15, 0.2) is 18.2 Å². The van der Waals surface area contributed by atoms with E-state index >= 15 is 0 Å². The van der Waals surface area contributed by atoms with Crippen LogP contribution in [0.2, 0.25) is 0 Å². The fraction of sp³-hybridized carbons (Fsp3) is 0.600. The maximum Gasteiger partial charge on any atom is 0.422 e. The van der Waals surface area contributed by atoms with Crippen molar-refractivity contribution in [1.82, 2.24) is 10.2 Å². The number of benzene rings is 1. The first-order valence-electron chi connectivity index (χ1n) is 7.20. The lowest BCUT2D eigenvalue weighted by atomic mass is 10.1. The van der Waals surface area contributed by atoms with Crippen LogP contribution in [0.3, 0.4) is 0 Å². The van der Waals surface area contributed by atoms with E-state index in [1.807, 2.05) is 0 Å². The van der Waals surface area contributed by atoms with Crippen LogP contribution in [0.25, 0.3) is 0 Å². The second-order valence-corrected chi connectivity index (χ2v) is 5.76. The zero-order valence-corrected chi connectivity index (χ0v) is 12.6. The highest BCUT2D eigenvalue weighted by molar-refractivity contribution is 5.29. The van der Waals surface area contributed by atoms with Crippen molar-refractivity contribution in [3.63, 3.8) is 0 Å². The van der Waals surface area contributed by atoms with Gasteiger partial charge >= 0.3 is 6.18 Å². The Morgan fingerprint density at radius 1 is 1.32 bits per heavy atom. The van der Waals surface area contributed by atoms with Gasteiger partial charge in [0, 0.05) is 31.7 Å². The van der Waals surface area contributed by atoms with Gasteiger partial charge in [0.25, 0.3) is 0 Å². The molecule has 124 valence electrons. The van der Waals surface area contributed by atoms with E-state index in [9.17, 15) is 17.6 Å². The summed E-state index contributed by atoms with van der Waals surface area (Å²) in [6.07, 6.45) is -4.47. The van der Waals surface area contributed by atoms with Gasteiger partial charge in [0.05, 0.1) is 0 Å². The quantitative estimate of drug-likeness (QED) is 0.863. The summed E-state index contributed by atoms with van der Waals surface area (Å²) in [7, 11) is 0. The van der Waals surface area contributed by atoms with Crippen molar-refractivity contribution >= 4 is 0 Å². The monoisotopic (exact) mass is 320 g/mol. The topological polar surface area (TPSA) is 24.5 Å². The van der Waals surface area contributed by atoms with Gasteiger partial charge in [0.2, 0.25) is 0 Å². The Hall–Kier alpha value is -1.34. The predicted molar refractivity (Wildman–Crippen MR) is 75.3 cm³/mol. The van der Waals surface area contributed by atoms with Crippen molar-refractivity contribution in [1.29, 1.82) is 0 Å². The Kier molecular flexibility index (Phi) is 5.28. The van der Waals surface area contributed by atoms with Gasteiger partial charge in [-0.3, -0.25) is 4.90 Å². The molecule has 0 spiro atoms. The van der Waals surface area contributed by atoms with Crippen LogP contribution < -0.4 is 10.1 Å². The smallest absolute Gasteiger partial charge is 0.422 e. The van der Waals surface area contributed by atoms with Crippen molar-refractivity contribution in [2.75, 3.05) is 19.7 Å². The molecule has 0 aromatic heterocycles. The molecule has 22 heavy (non-hydrogen) atoms. The van der Waals surface area contributed by atoms with Crippen molar-refractivity contribution in [2.45, 2.75) is 38.7 Å². The minimum Gasteiger partial charge on any atom is -0.481 e. The first-order chi connectivity index (χ1) is 10.2. The molecule has 1 heterocycles. The fourth-order valence-electron chi connectivity index (χ4n) is 2.47. The number of alkyl halides is 3. The summed E-state index contributed by atoms with van der Waals surface area (Å²) in [5.74, 6) is -1.14. The van der Waals surface area contributed by atoms with Crippen molar-refractivity contribution in [3.8, 4) is 5.75 Å². The Labute approximate surface area is 127 Å². The van der Waals surface area contributed by atoms with Crippen LogP contribution in [0.4, 0.5) is 17.6 Å². The third-order valence-corrected chi connectivity index (χ3v) is 3.67. The van der Waals surface area contributed by atoms with Crippen LogP contribution in [0.1, 0.15) is 19.4 Å². The molecule has 2 atom stereocenters. The van der Waals surface area contributed by atoms with Gasteiger partial charge in [-0.15, -0.1) is 0 Å². The summed E-state index contributed by atoms with van der Waals surface area (Å²) >= 11 is 0. The Bertz CT molecular complexity index is 507. The van der Waals surface area contributed by atoms with Crippen LogP contribution in [-0.2, 0) is 6.54 Å². The summed E-state index contributed by atoms with van der Waals surface area (Å²) in [4.78, 5) is 2.21. The van der Waals surface area contributed by atoms with E-state index in [2.05, 4.69) is 28.8 Å². The molecule has 1 N–H and O–H groups in total. The summed E-state index contributed by atoms with van der Waals surface area (Å²) in [5, 5.41) is 3.36. The van der Waals surface area contributed by atoms with Crippen LogP contribution in [0, 0.1) is 5.82 Å². The Morgan fingerprint density at radius 2 is 2.05 bits per heavy atom. The largest absolute Gasteiger partial charge is 0.481 e. The molecular weight excluding hydrogens is 300 g/mol. The number of nitrogens with zero attached hydrogens (tertiary/aromatic N) is 1. The third kappa shape index (κ3) is 4.84. The van der Waals surface area contributed by atoms with E-state index in [1.54, 1.807) is 6.07 Å². The van der Waals surface area contributed by atoms with Crippen molar-refractivity contribution in [3.05, 3.63) is 29.6 Å². The summed E-state index contributed by atoms with van der Waals surface area (Å²) < 4.78 is 54.5. The van der Waals surface area contributed by atoms with E-state index in [-0.39, 0.29) is 5.75 Å². The second kappa shape index (κ2) is 6.83. The van der Waals surface area contributed by atoms with Crippen molar-refractivity contribution < 1.29 is 22.3 Å². The lowest BCUT2D eigenvalue weighted by molar-refractivity contribution is -0.153. The first kappa shape index (κ1) is 17.0. The normalized spacial score (nSPS) is 23.5. The fourth-order valence-corrected chi connectivity index (χ4v) is 2.47. The highest BCUT2D eigenvalue weighted by Crippen LogP contribution is 2.23. The molecule has 0 amide bonds. The van der Waals surface area contributed by atoms with Crippen LogP contribution >= 0.6 is 0 Å². The van der Waals surface area contributed by atoms with Crippen LogP contribution in [-0.4, -0.2) is 42.9 Å². The highest BCUT2D eigenvalue weighted by atomic mass is 19.4. The zero-order valence-electron chi connectivity index (χ0n) is 12.6. The standard InChI is InChI=1S/C15H20F4N2O/c1-10-7-21(11(2)6-20-10)8-12-3-4-14(13(16)5-12)22-9-15(17,18)19/h3-5,10-11,20H,6-9H2,1-2H3. The minimum absolute atomic E-state index is 0.320. The molecule has 0 radical (unpaired) electrons. The average molecular weight is 320 g/mol. The van der Waals surface area contributed by atoms with E-state index in [4.69, 9.17) is 0 Å². The number of halogens is 4.